The molecule has 0 bridgehead atoms. The van der Waals surface area contributed by atoms with E-state index in [4.69, 9.17) is 4.74 Å². The van der Waals surface area contributed by atoms with Gasteiger partial charge < -0.3 is 19.4 Å². The second kappa shape index (κ2) is 8.87. The van der Waals surface area contributed by atoms with Gasteiger partial charge in [0.15, 0.2) is 0 Å². The summed E-state index contributed by atoms with van der Waals surface area (Å²) in [7, 11) is 0. The van der Waals surface area contributed by atoms with Crippen LogP contribution in [-0.4, -0.2) is 72.7 Å². The van der Waals surface area contributed by atoms with E-state index < -0.39 is 0 Å². The van der Waals surface area contributed by atoms with E-state index in [1.807, 2.05) is 6.07 Å². The molecular formula is C19H28N4O3. The summed E-state index contributed by atoms with van der Waals surface area (Å²) >= 11 is 0. The molecule has 0 aromatic carbocycles. The number of amides is 2. The van der Waals surface area contributed by atoms with Crippen LogP contribution in [0.3, 0.4) is 0 Å². The molecule has 3 heterocycles. The second-order valence-corrected chi connectivity index (χ2v) is 6.78. The summed E-state index contributed by atoms with van der Waals surface area (Å²) in [5, 5.41) is 0. The number of hydrogen-bond donors (Lipinski definition) is 0. The molecule has 0 unspecified atom stereocenters. The first-order chi connectivity index (χ1) is 12.7. The highest BCUT2D eigenvalue weighted by molar-refractivity contribution is 5.95. The van der Waals surface area contributed by atoms with E-state index in [0.29, 0.717) is 38.3 Å². The van der Waals surface area contributed by atoms with Crippen LogP contribution in [0.4, 0.5) is 10.6 Å². The lowest BCUT2D eigenvalue weighted by Gasteiger charge is -2.34. The van der Waals surface area contributed by atoms with Crippen molar-refractivity contribution in [1.82, 2.24) is 14.8 Å². The Labute approximate surface area is 154 Å². The Balaban J connectivity index is 1.61. The quantitative estimate of drug-likeness (QED) is 0.828. The fourth-order valence-corrected chi connectivity index (χ4v) is 3.51. The molecule has 2 aliphatic rings. The average Bonchev–Trinajstić information content (AvgIpc) is 2.97. The van der Waals surface area contributed by atoms with Crippen LogP contribution in [-0.2, 0) is 4.74 Å². The van der Waals surface area contributed by atoms with Crippen molar-refractivity contribution in [3.05, 3.63) is 23.9 Å². The van der Waals surface area contributed by atoms with E-state index in [1.165, 1.54) is 25.7 Å². The Kier molecular flexibility index (Phi) is 6.30. The number of hydrogen-bond acceptors (Lipinski definition) is 5. The molecule has 2 fully saturated rings. The number of carbonyl (C=O) groups excluding carboxylic acids is 2. The highest BCUT2D eigenvalue weighted by atomic mass is 16.6. The van der Waals surface area contributed by atoms with Crippen LogP contribution < -0.4 is 4.90 Å². The third kappa shape index (κ3) is 4.45. The van der Waals surface area contributed by atoms with Gasteiger partial charge in [-0.1, -0.05) is 12.8 Å². The molecule has 0 N–H and O–H groups in total. The molecular weight excluding hydrogens is 332 g/mol. The van der Waals surface area contributed by atoms with E-state index in [0.717, 1.165) is 18.9 Å². The molecule has 1 aromatic heterocycles. The molecule has 0 saturated carbocycles. The minimum Gasteiger partial charge on any atom is -0.450 e. The van der Waals surface area contributed by atoms with Crippen LogP contribution in [0.5, 0.6) is 0 Å². The SMILES string of the molecule is CCOC(=O)N1CCN(C(=O)c2ccnc(N3CCCCCC3)c2)CC1. The van der Waals surface area contributed by atoms with Crippen LogP contribution in [0.2, 0.25) is 0 Å². The summed E-state index contributed by atoms with van der Waals surface area (Å²) in [6.07, 6.45) is 6.31. The predicted octanol–water partition coefficient (Wildman–Crippen LogP) is 2.38. The molecule has 3 rings (SSSR count). The zero-order valence-corrected chi connectivity index (χ0v) is 15.5. The van der Waals surface area contributed by atoms with Gasteiger partial charge in [0.25, 0.3) is 5.91 Å². The first-order valence-electron chi connectivity index (χ1n) is 9.61. The fraction of sp³-hybridized carbons (Fsp3) is 0.632. The minimum atomic E-state index is -0.299. The van der Waals surface area contributed by atoms with Crippen LogP contribution >= 0.6 is 0 Å². The third-order valence-corrected chi connectivity index (χ3v) is 5.02. The highest BCUT2D eigenvalue weighted by Crippen LogP contribution is 2.19. The van der Waals surface area contributed by atoms with Gasteiger partial charge in [-0.2, -0.15) is 0 Å². The highest BCUT2D eigenvalue weighted by Gasteiger charge is 2.26. The monoisotopic (exact) mass is 360 g/mol. The number of anilines is 1. The second-order valence-electron chi connectivity index (χ2n) is 6.78. The zero-order valence-electron chi connectivity index (χ0n) is 15.5. The lowest BCUT2D eigenvalue weighted by molar-refractivity contribution is 0.0570. The summed E-state index contributed by atoms with van der Waals surface area (Å²) in [5.74, 6) is 0.898. The Morgan fingerprint density at radius 3 is 2.31 bits per heavy atom. The number of ether oxygens (including phenoxy) is 1. The number of aromatic nitrogens is 1. The molecule has 2 saturated heterocycles. The van der Waals surface area contributed by atoms with Gasteiger partial charge in [-0.25, -0.2) is 9.78 Å². The predicted molar refractivity (Wildman–Crippen MR) is 99.4 cm³/mol. The smallest absolute Gasteiger partial charge is 0.409 e. The van der Waals surface area contributed by atoms with Crippen molar-refractivity contribution in [2.45, 2.75) is 32.6 Å². The topological polar surface area (TPSA) is 66.0 Å². The molecule has 0 spiro atoms. The van der Waals surface area contributed by atoms with Crippen molar-refractivity contribution in [2.24, 2.45) is 0 Å². The van der Waals surface area contributed by atoms with Gasteiger partial charge in [0.1, 0.15) is 5.82 Å². The van der Waals surface area contributed by atoms with Crippen LogP contribution in [0.1, 0.15) is 43.0 Å². The first kappa shape index (κ1) is 18.5. The van der Waals surface area contributed by atoms with Gasteiger partial charge >= 0.3 is 6.09 Å². The maximum Gasteiger partial charge on any atom is 0.409 e. The van der Waals surface area contributed by atoms with E-state index in [1.54, 1.807) is 29.0 Å². The fourth-order valence-electron chi connectivity index (χ4n) is 3.51. The summed E-state index contributed by atoms with van der Waals surface area (Å²) < 4.78 is 5.02. The molecule has 7 heteroatoms. The summed E-state index contributed by atoms with van der Waals surface area (Å²) in [6.45, 7) is 6.24. The number of nitrogens with zero attached hydrogens (tertiary/aromatic N) is 4. The van der Waals surface area contributed by atoms with Gasteiger partial charge in [-0.05, 0) is 31.9 Å². The molecule has 0 atom stereocenters. The molecule has 1 aromatic rings. The average molecular weight is 360 g/mol. The van der Waals surface area contributed by atoms with Crippen LogP contribution in [0.15, 0.2) is 18.3 Å². The maximum absolute atomic E-state index is 12.8. The van der Waals surface area contributed by atoms with E-state index in [9.17, 15) is 9.59 Å². The van der Waals surface area contributed by atoms with Crippen LogP contribution in [0.25, 0.3) is 0 Å². The standard InChI is InChI=1S/C19H28N4O3/c1-2-26-19(25)23-13-11-22(12-14-23)18(24)16-7-8-20-17(15-16)21-9-5-3-4-6-10-21/h7-8,15H,2-6,9-14H2,1H3. The summed E-state index contributed by atoms with van der Waals surface area (Å²) in [6, 6.07) is 3.69. The van der Waals surface area contributed by atoms with Crippen molar-refractivity contribution in [3.63, 3.8) is 0 Å². The summed E-state index contributed by atoms with van der Waals surface area (Å²) in [4.78, 5) is 34.8. The van der Waals surface area contributed by atoms with Crippen molar-refractivity contribution in [1.29, 1.82) is 0 Å². The number of rotatable bonds is 3. The summed E-state index contributed by atoms with van der Waals surface area (Å²) in [5.41, 5.74) is 0.670. The molecule has 7 nitrogen and oxygen atoms in total. The molecule has 0 aliphatic carbocycles. The zero-order chi connectivity index (χ0) is 18.4. The number of piperazine rings is 1. The molecule has 2 amide bonds. The molecule has 26 heavy (non-hydrogen) atoms. The van der Waals surface area contributed by atoms with Crippen molar-refractivity contribution in [2.75, 3.05) is 50.8 Å². The van der Waals surface area contributed by atoms with Gasteiger partial charge in [-0.3, -0.25) is 4.79 Å². The van der Waals surface area contributed by atoms with Crippen LogP contribution in [0, 0.1) is 0 Å². The Morgan fingerprint density at radius 1 is 1.00 bits per heavy atom. The van der Waals surface area contributed by atoms with Crippen molar-refractivity contribution < 1.29 is 14.3 Å². The van der Waals surface area contributed by atoms with Gasteiger partial charge in [0.05, 0.1) is 6.61 Å². The molecule has 142 valence electrons. The van der Waals surface area contributed by atoms with E-state index >= 15 is 0 Å². The number of carbonyl (C=O) groups is 2. The first-order valence-corrected chi connectivity index (χ1v) is 9.61. The molecule has 0 radical (unpaired) electrons. The largest absolute Gasteiger partial charge is 0.450 e. The van der Waals surface area contributed by atoms with Gasteiger partial charge in [0.2, 0.25) is 0 Å². The Bertz CT molecular complexity index is 621. The van der Waals surface area contributed by atoms with E-state index in [-0.39, 0.29) is 12.0 Å². The van der Waals surface area contributed by atoms with Crippen molar-refractivity contribution >= 4 is 17.8 Å². The Hall–Kier alpha value is -2.31. The Morgan fingerprint density at radius 2 is 1.65 bits per heavy atom. The lowest BCUT2D eigenvalue weighted by atomic mass is 10.2. The minimum absolute atomic E-state index is 0.00646. The lowest BCUT2D eigenvalue weighted by Crippen LogP contribution is -2.50. The number of pyridine rings is 1. The van der Waals surface area contributed by atoms with E-state index in [2.05, 4.69) is 9.88 Å². The van der Waals surface area contributed by atoms with Gasteiger partial charge in [-0.15, -0.1) is 0 Å². The normalized spacial score (nSPS) is 18.4. The third-order valence-electron chi connectivity index (χ3n) is 5.02. The van der Waals surface area contributed by atoms with Gasteiger partial charge in [0, 0.05) is 51.0 Å². The maximum atomic E-state index is 12.8. The molecule has 2 aliphatic heterocycles. The van der Waals surface area contributed by atoms with Crippen molar-refractivity contribution in [3.8, 4) is 0 Å².